The second-order valence-corrected chi connectivity index (χ2v) is 6.81. The third kappa shape index (κ3) is 3.97. The zero-order valence-electron chi connectivity index (χ0n) is 15.5. The Labute approximate surface area is 157 Å². The lowest BCUT2D eigenvalue weighted by molar-refractivity contribution is -0.137. The molecule has 0 spiro atoms. The molecule has 1 aromatic carbocycles. The zero-order chi connectivity index (χ0) is 19.6. The van der Waals surface area contributed by atoms with Gasteiger partial charge in [0.15, 0.2) is 5.65 Å². The lowest BCUT2D eigenvalue weighted by Gasteiger charge is -2.14. The second kappa shape index (κ2) is 7.57. The number of carboxylic acids is 1. The number of nitrogens with one attached hydrogen (secondary N) is 1. The van der Waals surface area contributed by atoms with Gasteiger partial charge in [0.1, 0.15) is 0 Å². The van der Waals surface area contributed by atoms with Crippen LogP contribution in [0.3, 0.4) is 0 Å². The van der Waals surface area contributed by atoms with Gasteiger partial charge >= 0.3 is 5.97 Å². The van der Waals surface area contributed by atoms with Gasteiger partial charge in [0.2, 0.25) is 0 Å². The molecule has 3 aromatic rings. The minimum atomic E-state index is -0.958. The summed E-state index contributed by atoms with van der Waals surface area (Å²) in [5.41, 5.74) is 2.62. The predicted octanol–water partition coefficient (Wildman–Crippen LogP) is 3.27. The van der Waals surface area contributed by atoms with E-state index in [1.165, 1.54) is 0 Å². The van der Waals surface area contributed by atoms with Crippen molar-refractivity contribution in [1.29, 1.82) is 0 Å². The molecule has 0 radical (unpaired) electrons. The molecule has 0 saturated carbocycles. The molecular formula is C20H22N4O3. The molecule has 0 fully saturated rings. The monoisotopic (exact) mass is 366 g/mol. The quantitative estimate of drug-likeness (QED) is 0.698. The van der Waals surface area contributed by atoms with Crippen molar-refractivity contribution in [1.82, 2.24) is 20.1 Å². The summed E-state index contributed by atoms with van der Waals surface area (Å²) in [5.74, 6) is -1.29. The fourth-order valence-electron chi connectivity index (χ4n) is 2.96. The molecule has 140 valence electrons. The molecule has 0 aliphatic rings. The summed E-state index contributed by atoms with van der Waals surface area (Å²) in [6, 6.07) is 10.9. The van der Waals surface area contributed by atoms with Crippen LogP contribution in [0, 0.1) is 0 Å². The number of fused-ring (bicyclic) bond motifs is 1. The first-order chi connectivity index (χ1) is 12.9. The van der Waals surface area contributed by atoms with Gasteiger partial charge in [-0.2, -0.15) is 5.10 Å². The van der Waals surface area contributed by atoms with E-state index < -0.39 is 12.0 Å². The van der Waals surface area contributed by atoms with E-state index in [1.807, 2.05) is 44.2 Å². The van der Waals surface area contributed by atoms with Gasteiger partial charge in [-0.15, -0.1) is 0 Å². The van der Waals surface area contributed by atoms with Crippen LogP contribution in [0.1, 0.15) is 43.6 Å². The highest BCUT2D eigenvalue weighted by molar-refractivity contribution is 6.06. The van der Waals surface area contributed by atoms with Crippen LogP contribution in [0.25, 0.3) is 22.3 Å². The van der Waals surface area contributed by atoms with Gasteiger partial charge in [0.25, 0.3) is 5.91 Å². The highest BCUT2D eigenvalue weighted by Crippen LogP contribution is 2.26. The molecule has 7 nitrogen and oxygen atoms in total. The maximum absolute atomic E-state index is 12.8. The Balaban J connectivity index is 2.10. The first-order valence-electron chi connectivity index (χ1n) is 8.83. The minimum absolute atomic E-state index is 0.0860. The van der Waals surface area contributed by atoms with Crippen LogP contribution in [0.5, 0.6) is 0 Å². The summed E-state index contributed by atoms with van der Waals surface area (Å²) in [5, 5.41) is 16.7. The van der Waals surface area contributed by atoms with Crippen molar-refractivity contribution in [2.75, 3.05) is 0 Å². The summed E-state index contributed by atoms with van der Waals surface area (Å²) in [6.45, 7) is 5.66. The maximum Gasteiger partial charge on any atom is 0.305 e. The van der Waals surface area contributed by atoms with Crippen molar-refractivity contribution in [2.24, 2.45) is 0 Å². The van der Waals surface area contributed by atoms with Gasteiger partial charge in [-0.25, -0.2) is 9.67 Å². The number of rotatable bonds is 6. The van der Waals surface area contributed by atoms with Crippen LogP contribution in [0.2, 0.25) is 0 Å². The average molecular weight is 366 g/mol. The molecule has 1 unspecified atom stereocenters. The zero-order valence-corrected chi connectivity index (χ0v) is 15.5. The summed E-state index contributed by atoms with van der Waals surface area (Å²) >= 11 is 0. The summed E-state index contributed by atoms with van der Waals surface area (Å²) in [4.78, 5) is 28.5. The molecule has 0 aliphatic heterocycles. The molecule has 1 atom stereocenters. The maximum atomic E-state index is 12.8. The largest absolute Gasteiger partial charge is 0.481 e. The van der Waals surface area contributed by atoms with Crippen LogP contribution in [0.4, 0.5) is 0 Å². The standard InChI is InChI=1S/C20H22N4O3/c1-12(2)24-19-16(11-21-24)15(20(27)22-13(3)9-18(25)26)10-17(23-19)14-7-5-4-6-8-14/h4-8,10-13H,9H2,1-3H3,(H,22,27)(H,25,26). The summed E-state index contributed by atoms with van der Waals surface area (Å²) in [6.07, 6.45) is 1.49. The molecule has 2 aromatic heterocycles. The number of carboxylic acid groups (broad SMARTS) is 1. The van der Waals surface area contributed by atoms with Crippen molar-refractivity contribution in [3.05, 3.63) is 48.2 Å². The Morgan fingerprint density at radius 3 is 2.52 bits per heavy atom. The number of carbonyl (C=O) groups excluding carboxylic acids is 1. The number of hydrogen-bond donors (Lipinski definition) is 2. The lowest BCUT2D eigenvalue weighted by Crippen LogP contribution is -2.34. The Hall–Kier alpha value is -3.22. The van der Waals surface area contributed by atoms with E-state index >= 15 is 0 Å². The van der Waals surface area contributed by atoms with Gasteiger partial charge in [-0.05, 0) is 26.8 Å². The van der Waals surface area contributed by atoms with E-state index in [2.05, 4.69) is 10.4 Å². The SMILES string of the molecule is CC(CC(=O)O)NC(=O)c1cc(-c2ccccc2)nc2c1cnn2C(C)C. The highest BCUT2D eigenvalue weighted by Gasteiger charge is 2.20. The van der Waals surface area contributed by atoms with E-state index in [9.17, 15) is 9.59 Å². The second-order valence-electron chi connectivity index (χ2n) is 6.81. The van der Waals surface area contributed by atoms with Crippen molar-refractivity contribution in [3.63, 3.8) is 0 Å². The molecule has 0 saturated heterocycles. The fraction of sp³-hybridized carbons (Fsp3) is 0.300. The van der Waals surface area contributed by atoms with E-state index in [-0.39, 0.29) is 18.4 Å². The third-order valence-electron chi connectivity index (χ3n) is 4.23. The van der Waals surface area contributed by atoms with E-state index in [4.69, 9.17) is 10.1 Å². The van der Waals surface area contributed by atoms with Crippen LogP contribution in [0.15, 0.2) is 42.6 Å². The van der Waals surface area contributed by atoms with Crippen LogP contribution in [-0.4, -0.2) is 37.8 Å². The van der Waals surface area contributed by atoms with Gasteiger partial charge in [0, 0.05) is 17.6 Å². The molecule has 2 heterocycles. The third-order valence-corrected chi connectivity index (χ3v) is 4.23. The van der Waals surface area contributed by atoms with Gasteiger partial charge in [-0.1, -0.05) is 30.3 Å². The number of aromatic nitrogens is 3. The summed E-state index contributed by atoms with van der Waals surface area (Å²) in [7, 11) is 0. The van der Waals surface area contributed by atoms with E-state index in [1.54, 1.807) is 23.9 Å². The molecule has 3 rings (SSSR count). The van der Waals surface area contributed by atoms with Crippen molar-refractivity contribution >= 4 is 22.9 Å². The smallest absolute Gasteiger partial charge is 0.305 e. The molecule has 0 aliphatic carbocycles. The topological polar surface area (TPSA) is 97.1 Å². The van der Waals surface area contributed by atoms with Crippen molar-refractivity contribution in [2.45, 2.75) is 39.3 Å². The number of nitrogens with zero attached hydrogens (tertiary/aromatic N) is 3. The van der Waals surface area contributed by atoms with E-state index in [0.29, 0.717) is 22.3 Å². The molecule has 1 amide bonds. The lowest BCUT2D eigenvalue weighted by atomic mass is 10.1. The predicted molar refractivity (Wildman–Crippen MR) is 103 cm³/mol. The number of amides is 1. The highest BCUT2D eigenvalue weighted by atomic mass is 16.4. The summed E-state index contributed by atoms with van der Waals surface area (Å²) < 4.78 is 1.78. The number of aliphatic carboxylic acids is 1. The first-order valence-corrected chi connectivity index (χ1v) is 8.83. The van der Waals surface area contributed by atoms with Crippen molar-refractivity contribution < 1.29 is 14.7 Å². The number of carbonyl (C=O) groups is 2. The van der Waals surface area contributed by atoms with Crippen molar-refractivity contribution in [3.8, 4) is 11.3 Å². The number of benzene rings is 1. The van der Waals surface area contributed by atoms with Gasteiger partial charge < -0.3 is 10.4 Å². The minimum Gasteiger partial charge on any atom is -0.481 e. The fourth-order valence-corrected chi connectivity index (χ4v) is 2.96. The number of hydrogen-bond acceptors (Lipinski definition) is 4. The van der Waals surface area contributed by atoms with E-state index in [0.717, 1.165) is 5.56 Å². The van der Waals surface area contributed by atoms with Crippen LogP contribution >= 0.6 is 0 Å². The molecule has 27 heavy (non-hydrogen) atoms. The van der Waals surface area contributed by atoms with Crippen LogP contribution in [-0.2, 0) is 4.79 Å². The van der Waals surface area contributed by atoms with Crippen LogP contribution < -0.4 is 5.32 Å². The van der Waals surface area contributed by atoms with Gasteiger partial charge in [0.05, 0.1) is 29.3 Å². The average Bonchev–Trinajstić information content (AvgIpc) is 3.05. The van der Waals surface area contributed by atoms with Gasteiger partial charge in [-0.3, -0.25) is 9.59 Å². The Morgan fingerprint density at radius 2 is 1.89 bits per heavy atom. The molecule has 7 heteroatoms. The molecular weight excluding hydrogens is 344 g/mol. The molecule has 0 bridgehead atoms. The Morgan fingerprint density at radius 1 is 1.19 bits per heavy atom. The Kier molecular flexibility index (Phi) is 5.21. The first kappa shape index (κ1) is 18.6. The molecule has 2 N–H and O–H groups in total. The Bertz CT molecular complexity index is 980. The number of pyridine rings is 1. The normalized spacial score (nSPS) is 12.3.